The molecule has 0 aliphatic carbocycles. The molecule has 0 aliphatic rings. The van der Waals surface area contributed by atoms with Gasteiger partial charge in [0.05, 0.1) is 6.61 Å². The monoisotopic (exact) mass is 206 g/mol. The van der Waals surface area contributed by atoms with Gasteiger partial charge in [-0.25, -0.2) is 0 Å². The van der Waals surface area contributed by atoms with Gasteiger partial charge in [-0.1, -0.05) is 5.11 Å². The minimum atomic E-state index is 0.372. The molecule has 0 unspecified atom stereocenters. The number of hydrogen-bond donors (Lipinski definition) is 0. The van der Waals surface area contributed by atoms with Crippen LogP contribution in [0.3, 0.4) is 0 Å². The van der Waals surface area contributed by atoms with Crippen LogP contribution in [0.4, 0.5) is 5.69 Å². The lowest BCUT2D eigenvalue weighted by Crippen LogP contribution is -1.98. The summed E-state index contributed by atoms with van der Waals surface area (Å²) in [5.41, 5.74) is 8.39. The van der Waals surface area contributed by atoms with Crippen LogP contribution in [-0.2, 0) is 0 Å². The molecule has 1 rings (SSSR count). The van der Waals surface area contributed by atoms with Crippen molar-refractivity contribution in [1.82, 2.24) is 0 Å². The Kier molecular flexibility index (Phi) is 4.69. The van der Waals surface area contributed by atoms with Crippen LogP contribution >= 0.6 is 0 Å². The number of nitroso groups, excluding NO2 is 1. The van der Waals surface area contributed by atoms with Crippen LogP contribution in [0.1, 0.15) is 6.42 Å². The molecular formula is C9H10N4O2. The molecule has 6 nitrogen and oxygen atoms in total. The highest BCUT2D eigenvalue weighted by Gasteiger charge is 1.94. The molecule has 0 atom stereocenters. The number of nitrogens with zero attached hydrogens (tertiary/aromatic N) is 4. The number of azide groups is 1. The van der Waals surface area contributed by atoms with Gasteiger partial charge in [0.2, 0.25) is 0 Å². The first-order chi connectivity index (χ1) is 7.36. The highest BCUT2D eigenvalue weighted by atomic mass is 16.5. The molecule has 0 radical (unpaired) electrons. The van der Waals surface area contributed by atoms with Gasteiger partial charge in [0, 0.05) is 11.5 Å². The summed E-state index contributed by atoms with van der Waals surface area (Å²) < 4.78 is 5.33. The third kappa shape index (κ3) is 4.10. The molecule has 0 saturated carbocycles. The van der Waals surface area contributed by atoms with Crippen LogP contribution in [-0.4, -0.2) is 13.2 Å². The standard InChI is InChI=1S/C9H10N4O2/c10-13-11-6-1-7-15-9-4-2-8(12-14)3-5-9/h2-5H,1,6-7H2. The molecule has 1 aromatic carbocycles. The lowest BCUT2D eigenvalue weighted by Gasteiger charge is -2.03. The second kappa shape index (κ2) is 6.39. The van der Waals surface area contributed by atoms with E-state index in [0.29, 0.717) is 31.0 Å². The van der Waals surface area contributed by atoms with Gasteiger partial charge in [0.15, 0.2) is 0 Å². The van der Waals surface area contributed by atoms with Crippen molar-refractivity contribution in [3.63, 3.8) is 0 Å². The Morgan fingerprint density at radius 2 is 2.07 bits per heavy atom. The van der Waals surface area contributed by atoms with Crippen LogP contribution < -0.4 is 4.74 Å². The van der Waals surface area contributed by atoms with Crippen molar-refractivity contribution in [1.29, 1.82) is 0 Å². The van der Waals surface area contributed by atoms with Gasteiger partial charge >= 0.3 is 0 Å². The quantitative estimate of drug-likeness (QED) is 0.235. The predicted octanol–water partition coefficient (Wildman–Crippen LogP) is 3.16. The minimum absolute atomic E-state index is 0.372. The minimum Gasteiger partial charge on any atom is -0.494 e. The summed E-state index contributed by atoms with van der Waals surface area (Å²) in [5, 5.41) is 6.15. The maximum Gasteiger partial charge on any atom is 0.119 e. The van der Waals surface area contributed by atoms with E-state index in [1.54, 1.807) is 24.3 Å². The van der Waals surface area contributed by atoms with E-state index in [9.17, 15) is 4.91 Å². The zero-order chi connectivity index (χ0) is 10.9. The van der Waals surface area contributed by atoms with Crippen LogP contribution in [0.15, 0.2) is 34.6 Å². The Hall–Kier alpha value is -2.07. The molecule has 6 heteroatoms. The maximum atomic E-state index is 10.1. The Morgan fingerprint density at radius 3 is 2.67 bits per heavy atom. The molecule has 15 heavy (non-hydrogen) atoms. The molecule has 0 spiro atoms. The van der Waals surface area contributed by atoms with Crippen molar-refractivity contribution in [3.8, 4) is 5.75 Å². The molecule has 0 aromatic heterocycles. The summed E-state index contributed by atoms with van der Waals surface area (Å²) in [6, 6.07) is 6.50. The summed E-state index contributed by atoms with van der Waals surface area (Å²) in [5.74, 6) is 0.670. The fourth-order valence-corrected chi connectivity index (χ4v) is 0.973. The smallest absolute Gasteiger partial charge is 0.119 e. The molecule has 0 N–H and O–H groups in total. The Labute approximate surface area is 86.5 Å². The summed E-state index contributed by atoms with van der Waals surface area (Å²) in [6.45, 7) is 0.900. The predicted molar refractivity (Wildman–Crippen MR) is 56.0 cm³/mol. The van der Waals surface area contributed by atoms with Gasteiger partial charge in [-0.15, -0.1) is 4.91 Å². The number of rotatable bonds is 6. The Balaban J connectivity index is 2.31. The van der Waals surface area contributed by atoms with Crippen LogP contribution in [0.25, 0.3) is 10.4 Å². The number of hydrogen-bond acceptors (Lipinski definition) is 4. The van der Waals surface area contributed by atoms with Crippen LogP contribution in [0.2, 0.25) is 0 Å². The van der Waals surface area contributed by atoms with Gasteiger partial charge in [-0.05, 0) is 41.4 Å². The van der Waals surface area contributed by atoms with Gasteiger partial charge in [-0.2, -0.15) is 0 Å². The van der Waals surface area contributed by atoms with E-state index in [4.69, 9.17) is 10.3 Å². The van der Waals surface area contributed by atoms with Gasteiger partial charge in [0.25, 0.3) is 0 Å². The van der Waals surface area contributed by atoms with E-state index in [1.165, 1.54) is 0 Å². The van der Waals surface area contributed by atoms with E-state index in [0.717, 1.165) is 0 Å². The SMILES string of the molecule is [N-]=[N+]=NCCCOc1ccc(N=O)cc1. The molecule has 0 saturated heterocycles. The van der Waals surface area contributed by atoms with Crippen molar-refractivity contribution in [3.05, 3.63) is 39.6 Å². The summed E-state index contributed by atoms with van der Waals surface area (Å²) in [4.78, 5) is 12.7. The zero-order valence-corrected chi connectivity index (χ0v) is 8.04. The van der Waals surface area contributed by atoms with E-state index < -0.39 is 0 Å². The third-order valence-electron chi connectivity index (χ3n) is 1.68. The fraction of sp³-hybridized carbons (Fsp3) is 0.333. The van der Waals surface area contributed by atoms with Crippen molar-refractivity contribution in [2.24, 2.45) is 10.3 Å². The third-order valence-corrected chi connectivity index (χ3v) is 1.68. The van der Waals surface area contributed by atoms with E-state index in [-0.39, 0.29) is 0 Å². The van der Waals surface area contributed by atoms with Crippen molar-refractivity contribution >= 4 is 5.69 Å². The summed E-state index contributed by atoms with van der Waals surface area (Å²) in [6.07, 6.45) is 0.664. The molecule has 0 fully saturated rings. The molecular weight excluding hydrogens is 196 g/mol. The molecule has 78 valence electrons. The first-order valence-corrected chi connectivity index (χ1v) is 4.44. The Morgan fingerprint density at radius 1 is 1.33 bits per heavy atom. The van der Waals surface area contributed by atoms with E-state index in [1.807, 2.05) is 0 Å². The molecule has 1 aromatic rings. The Bertz CT molecular complexity index is 357. The summed E-state index contributed by atoms with van der Waals surface area (Å²) >= 11 is 0. The average Bonchev–Trinajstić information content (AvgIpc) is 2.30. The second-order valence-electron chi connectivity index (χ2n) is 2.74. The largest absolute Gasteiger partial charge is 0.494 e. The average molecular weight is 206 g/mol. The maximum absolute atomic E-state index is 10.1. The number of ether oxygens (including phenoxy) is 1. The molecule has 0 amide bonds. The van der Waals surface area contributed by atoms with Crippen molar-refractivity contribution in [2.75, 3.05) is 13.2 Å². The molecule has 0 bridgehead atoms. The zero-order valence-electron chi connectivity index (χ0n) is 8.04. The molecule has 0 aliphatic heterocycles. The summed E-state index contributed by atoms with van der Waals surface area (Å²) in [7, 11) is 0. The first kappa shape index (κ1) is 11.0. The van der Waals surface area contributed by atoms with Gasteiger partial charge in [0.1, 0.15) is 11.4 Å². The van der Waals surface area contributed by atoms with Crippen LogP contribution in [0, 0.1) is 4.91 Å². The van der Waals surface area contributed by atoms with E-state index in [2.05, 4.69) is 15.2 Å². The molecule has 0 heterocycles. The highest BCUT2D eigenvalue weighted by Crippen LogP contribution is 2.17. The first-order valence-electron chi connectivity index (χ1n) is 4.44. The van der Waals surface area contributed by atoms with Gasteiger partial charge < -0.3 is 4.74 Å². The normalized spacial score (nSPS) is 9.07. The number of benzene rings is 1. The second-order valence-corrected chi connectivity index (χ2v) is 2.74. The topological polar surface area (TPSA) is 87.4 Å². The van der Waals surface area contributed by atoms with Crippen LogP contribution in [0.5, 0.6) is 5.75 Å². The van der Waals surface area contributed by atoms with Crippen molar-refractivity contribution < 1.29 is 4.74 Å². The highest BCUT2D eigenvalue weighted by molar-refractivity contribution is 5.40. The lowest BCUT2D eigenvalue weighted by atomic mass is 10.3. The van der Waals surface area contributed by atoms with Crippen molar-refractivity contribution in [2.45, 2.75) is 6.42 Å². The van der Waals surface area contributed by atoms with Gasteiger partial charge in [-0.3, -0.25) is 0 Å². The lowest BCUT2D eigenvalue weighted by molar-refractivity contribution is 0.313. The fourth-order valence-electron chi connectivity index (χ4n) is 0.973. The van der Waals surface area contributed by atoms with E-state index >= 15 is 0 Å².